The Balaban J connectivity index is 1.38. The highest BCUT2D eigenvalue weighted by Crippen LogP contribution is 2.32. The lowest BCUT2D eigenvalue weighted by atomic mass is 10.2. The largest absolute Gasteiger partial charge is 0.489 e. The van der Waals surface area contributed by atoms with E-state index in [1.165, 1.54) is 24.3 Å². The first kappa shape index (κ1) is 25.2. The molecule has 4 rings (SSSR count). The van der Waals surface area contributed by atoms with Crippen molar-refractivity contribution in [2.45, 2.75) is 11.5 Å². The normalized spacial score (nSPS) is 14.8. The Bertz CT molecular complexity index is 1440. The van der Waals surface area contributed by atoms with Gasteiger partial charge in [0.2, 0.25) is 15.9 Å². The summed E-state index contributed by atoms with van der Waals surface area (Å²) < 4.78 is 28.5. The molecular formula is C25H21N3O6S2. The van der Waals surface area contributed by atoms with Crippen molar-refractivity contribution in [1.82, 2.24) is 4.90 Å². The lowest BCUT2D eigenvalue weighted by Gasteiger charge is -2.12. The monoisotopic (exact) mass is 523 g/mol. The number of nitrogens with zero attached hydrogens (tertiary/aromatic N) is 1. The molecule has 3 amide bonds. The van der Waals surface area contributed by atoms with E-state index >= 15 is 0 Å². The van der Waals surface area contributed by atoms with Crippen LogP contribution in [0.1, 0.15) is 11.1 Å². The Kier molecular flexibility index (Phi) is 7.53. The van der Waals surface area contributed by atoms with Gasteiger partial charge in [-0.1, -0.05) is 42.5 Å². The van der Waals surface area contributed by atoms with Gasteiger partial charge in [-0.25, -0.2) is 13.6 Å². The van der Waals surface area contributed by atoms with Gasteiger partial charge in [0.25, 0.3) is 11.1 Å². The van der Waals surface area contributed by atoms with Crippen molar-refractivity contribution < 1.29 is 27.5 Å². The van der Waals surface area contributed by atoms with E-state index in [1.807, 2.05) is 30.3 Å². The first-order valence-electron chi connectivity index (χ1n) is 10.6. The summed E-state index contributed by atoms with van der Waals surface area (Å²) in [4.78, 5) is 38.5. The summed E-state index contributed by atoms with van der Waals surface area (Å²) in [6.45, 7) is -0.0974. The van der Waals surface area contributed by atoms with Gasteiger partial charge in [-0.3, -0.25) is 19.3 Å². The number of carbonyl (C=O) groups is 3. The fraction of sp³-hybridized carbons (Fsp3) is 0.0800. The van der Waals surface area contributed by atoms with E-state index in [1.54, 1.807) is 30.3 Å². The number of imide groups is 1. The molecule has 1 fully saturated rings. The van der Waals surface area contributed by atoms with Gasteiger partial charge in [0.1, 0.15) is 18.9 Å². The number of hydrogen-bond donors (Lipinski definition) is 2. The van der Waals surface area contributed by atoms with E-state index in [0.717, 1.165) is 22.2 Å². The molecule has 11 heteroatoms. The minimum absolute atomic E-state index is 0.105. The second-order valence-corrected chi connectivity index (χ2v) is 10.3. The van der Waals surface area contributed by atoms with Gasteiger partial charge in [0.15, 0.2) is 0 Å². The van der Waals surface area contributed by atoms with E-state index in [9.17, 15) is 22.8 Å². The lowest BCUT2D eigenvalue weighted by Crippen LogP contribution is -2.36. The summed E-state index contributed by atoms with van der Waals surface area (Å²) >= 11 is 0.743. The average molecular weight is 524 g/mol. The maximum Gasteiger partial charge on any atom is 0.294 e. The summed E-state index contributed by atoms with van der Waals surface area (Å²) in [5.41, 5.74) is 1.98. The molecule has 3 aromatic carbocycles. The standard InChI is InChI=1S/C25H21N3O6S2/c26-36(32,33)21-11-9-19(10-12-21)27-23(29)15-28-24(30)22(35-25(28)31)14-18-7-4-8-20(13-18)34-16-17-5-2-1-3-6-17/h1-14H,15-16H2,(H,27,29)(H2,26,32,33)/b22-14-. The van der Waals surface area contributed by atoms with Crippen molar-refractivity contribution in [3.63, 3.8) is 0 Å². The number of primary sulfonamides is 1. The molecule has 3 aromatic rings. The quantitative estimate of drug-likeness (QED) is 0.431. The smallest absolute Gasteiger partial charge is 0.294 e. The number of nitrogens with two attached hydrogens (primary N) is 1. The van der Waals surface area contributed by atoms with Gasteiger partial charge in [0, 0.05) is 5.69 Å². The van der Waals surface area contributed by atoms with Crippen LogP contribution in [0.15, 0.2) is 88.7 Å². The fourth-order valence-electron chi connectivity index (χ4n) is 3.29. The van der Waals surface area contributed by atoms with Crippen LogP contribution in [0.4, 0.5) is 10.5 Å². The molecule has 9 nitrogen and oxygen atoms in total. The molecule has 1 saturated heterocycles. The summed E-state index contributed by atoms with van der Waals surface area (Å²) in [5.74, 6) is -0.585. The average Bonchev–Trinajstić information content (AvgIpc) is 3.10. The van der Waals surface area contributed by atoms with Gasteiger partial charge in [-0.15, -0.1) is 0 Å². The molecule has 1 aliphatic heterocycles. The van der Waals surface area contributed by atoms with E-state index in [-0.39, 0.29) is 9.80 Å². The van der Waals surface area contributed by atoms with E-state index in [0.29, 0.717) is 23.6 Å². The number of sulfonamides is 1. The van der Waals surface area contributed by atoms with Crippen molar-refractivity contribution in [3.05, 3.63) is 94.9 Å². The van der Waals surface area contributed by atoms with Gasteiger partial charge in [0.05, 0.1) is 9.80 Å². The molecule has 0 unspecified atom stereocenters. The van der Waals surface area contributed by atoms with Crippen molar-refractivity contribution in [1.29, 1.82) is 0 Å². The molecule has 36 heavy (non-hydrogen) atoms. The molecule has 1 aliphatic rings. The molecular weight excluding hydrogens is 502 g/mol. The van der Waals surface area contributed by atoms with E-state index in [4.69, 9.17) is 9.88 Å². The topological polar surface area (TPSA) is 136 Å². The van der Waals surface area contributed by atoms with Gasteiger partial charge in [-0.2, -0.15) is 0 Å². The SMILES string of the molecule is NS(=O)(=O)c1ccc(NC(=O)CN2C(=O)S/C(=C\c3cccc(OCc4ccccc4)c3)C2=O)cc1. The van der Waals surface area contributed by atoms with E-state index in [2.05, 4.69) is 5.32 Å². The minimum Gasteiger partial charge on any atom is -0.489 e. The number of anilines is 1. The van der Waals surface area contributed by atoms with Crippen LogP contribution in [0.3, 0.4) is 0 Å². The predicted octanol–water partition coefficient (Wildman–Crippen LogP) is 3.59. The molecule has 0 atom stereocenters. The molecule has 3 N–H and O–H groups in total. The Morgan fingerprint density at radius 3 is 2.42 bits per heavy atom. The number of ether oxygens (including phenoxy) is 1. The molecule has 184 valence electrons. The van der Waals surface area contributed by atoms with Crippen LogP contribution in [0, 0.1) is 0 Å². The number of nitrogens with one attached hydrogen (secondary N) is 1. The summed E-state index contributed by atoms with van der Waals surface area (Å²) in [7, 11) is -3.86. The number of thioether (sulfide) groups is 1. The molecule has 0 aromatic heterocycles. The highest BCUT2D eigenvalue weighted by molar-refractivity contribution is 8.18. The van der Waals surface area contributed by atoms with Crippen molar-refractivity contribution in [2.24, 2.45) is 5.14 Å². The fourth-order valence-corrected chi connectivity index (χ4v) is 4.65. The highest BCUT2D eigenvalue weighted by atomic mass is 32.2. The van der Waals surface area contributed by atoms with Gasteiger partial charge < -0.3 is 10.1 Å². The molecule has 0 radical (unpaired) electrons. The van der Waals surface area contributed by atoms with Crippen LogP contribution >= 0.6 is 11.8 Å². The maximum atomic E-state index is 12.8. The van der Waals surface area contributed by atoms with Crippen LogP contribution in [-0.4, -0.2) is 36.9 Å². The third kappa shape index (κ3) is 6.39. The number of hydrogen-bond acceptors (Lipinski definition) is 7. The second-order valence-electron chi connectivity index (χ2n) is 7.73. The Morgan fingerprint density at radius 1 is 1.00 bits per heavy atom. The predicted molar refractivity (Wildman–Crippen MR) is 136 cm³/mol. The van der Waals surface area contributed by atoms with Crippen LogP contribution < -0.4 is 15.2 Å². The lowest BCUT2D eigenvalue weighted by molar-refractivity contribution is -0.127. The van der Waals surface area contributed by atoms with Gasteiger partial charge >= 0.3 is 0 Å². The van der Waals surface area contributed by atoms with Crippen LogP contribution in [-0.2, 0) is 26.2 Å². The first-order valence-corrected chi connectivity index (χ1v) is 13.0. The number of benzene rings is 3. The van der Waals surface area contributed by atoms with Crippen molar-refractivity contribution in [3.8, 4) is 5.75 Å². The Hall–Kier alpha value is -3.93. The molecule has 0 bridgehead atoms. The zero-order chi connectivity index (χ0) is 25.7. The molecule has 0 aliphatic carbocycles. The molecule has 1 heterocycles. The van der Waals surface area contributed by atoms with Crippen LogP contribution in [0.2, 0.25) is 0 Å². The number of carbonyl (C=O) groups excluding carboxylic acids is 3. The first-order chi connectivity index (χ1) is 17.2. The van der Waals surface area contributed by atoms with Crippen molar-refractivity contribution in [2.75, 3.05) is 11.9 Å². The molecule has 0 spiro atoms. The maximum absolute atomic E-state index is 12.8. The van der Waals surface area contributed by atoms with Crippen LogP contribution in [0.25, 0.3) is 6.08 Å². The third-order valence-electron chi connectivity index (χ3n) is 5.05. The zero-order valence-electron chi connectivity index (χ0n) is 18.8. The zero-order valence-corrected chi connectivity index (χ0v) is 20.4. The summed E-state index contributed by atoms with van der Waals surface area (Å²) in [5, 5.41) is 7.01. The Morgan fingerprint density at radius 2 is 1.72 bits per heavy atom. The summed E-state index contributed by atoms with van der Waals surface area (Å²) in [6, 6.07) is 22.0. The Labute approximate surface area is 212 Å². The second kappa shape index (κ2) is 10.8. The van der Waals surface area contributed by atoms with Crippen molar-refractivity contribution >= 4 is 50.6 Å². The van der Waals surface area contributed by atoms with Crippen LogP contribution in [0.5, 0.6) is 5.75 Å². The number of amides is 3. The summed E-state index contributed by atoms with van der Waals surface area (Å²) in [6.07, 6.45) is 1.57. The van der Waals surface area contributed by atoms with Gasteiger partial charge in [-0.05, 0) is 65.4 Å². The van der Waals surface area contributed by atoms with E-state index < -0.39 is 33.6 Å². The number of rotatable bonds is 8. The highest BCUT2D eigenvalue weighted by Gasteiger charge is 2.36. The molecule has 0 saturated carbocycles. The third-order valence-corrected chi connectivity index (χ3v) is 6.88. The minimum atomic E-state index is -3.86.